The maximum atomic E-state index is 6.20. The summed E-state index contributed by atoms with van der Waals surface area (Å²) in [6.07, 6.45) is 0. The average molecular weight is 302 g/mol. The van der Waals surface area contributed by atoms with Crippen molar-refractivity contribution in [2.45, 2.75) is 0 Å². The van der Waals surface area contributed by atoms with Gasteiger partial charge >= 0.3 is 0 Å². The number of hydrogen-bond acceptors (Lipinski definition) is 1. The molecule has 0 amide bonds. The Balaban J connectivity index is 1.90. The van der Waals surface area contributed by atoms with Crippen LogP contribution in [0.2, 0.25) is 0 Å². The highest BCUT2D eigenvalue weighted by atomic mass is 16.3. The van der Waals surface area contributed by atoms with Crippen molar-refractivity contribution in [2.24, 2.45) is 0 Å². The van der Waals surface area contributed by atoms with Crippen LogP contribution in [-0.2, 0) is 0 Å². The summed E-state index contributed by atoms with van der Waals surface area (Å²) in [5.41, 5.74) is 7.69. The van der Waals surface area contributed by atoms with Crippen molar-refractivity contribution in [1.29, 1.82) is 0 Å². The van der Waals surface area contributed by atoms with Gasteiger partial charge in [-0.05, 0) is 34.4 Å². The van der Waals surface area contributed by atoms with E-state index in [9.17, 15) is 0 Å². The Labute approximate surface area is 139 Å². The normalized spacial score (nSPS) is 12.3. The number of benzene rings is 4. The minimum absolute atomic E-state index is 0.799. The second-order valence-electron chi connectivity index (χ2n) is 6.43. The van der Waals surface area contributed by atoms with Crippen LogP contribution in [0.25, 0.3) is 55.0 Å². The summed E-state index contributed by atoms with van der Waals surface area (Å²) in [6.45, 7) is 0. The smallest absolute Gasteiger partial charge is 0.143 e. The molecule has 0 saturated carbocycles. The lowest BCUT2D eigenvalue weighted by atomic mass is 9.91. The highest BCUT2D eigenvalue weighted by Crippen LogP contribution is 2.50. The SMILES string of the molecule is [B]c1ccc2c(c1)-c1cccc3c1c-2cc1c2ccccc2oc31. The number of hydrogen-bond donors (Lipinski definition) is 0. The van der Waals surface area contributed by atoms with Crippen molar-refractivity contribution < 1.29 is 4.42 Å². The Morgan fingerprint density at radius 3 is 2.46 bits per heavy atom. The van der Waals surface area contributed by atoms with E-state index in [1.54, 1.807) is 0 Å². The van der Waals surface area contributed by atoms with Crippen molar-refractivity contribution in [3.05, 3.63) is 66.7 Å². The van der Waals surface area contributed by atoms with Gasteiger partial charge in [-0.3, -0.25) is 0 Å². The zero-order valence-corrected chi connectivity index (χ0v) is 12.8. The molecule has 0 unspecified atom stereocenters. The lowest BCUT2D eigenvalue weighted by Gasteiger charge is -2.03. The van der Waals surface area contributed by atoms with Crippen LogP contribution in [0.5, 0.6) is 0 Å². The Kier molecular flexibility index (Phi) is 2.12. The van der Waals surface area contributed by atoms with Crippen LogP contribution < -0.4 is 5.46 Å². The van der Waals surface area contributed by atoms with E-state index in [2.05, 4.69) is 48.5 Å². The van der Waals surface area contributed by atoms with Crippen LogP contribution >= 0.6 is 0 Å². The van der Waals surface area contributed by atoms with E-state index < -0.39 is 0 Å². The van der Waals surface area contributed by atoms with Crippen LogP contribution in [0.1, 0.15) is 0 Å². The van der Waals surface area contributed by atoms with Gasteiger partial charge in [-0.15, -0.1) is 0 Å². The molecule has 0 atom stereocenters. The van der Waals surface area contributed by atoms with Gasteiger partial charge in [0.15, 0.2) is 0 Å². The molecule has 1 aliphatic carbocycles. The van der Waals surface area contributed by atoms with E-state index >= 15 is 0 Å². The fourth-order valence-corrected chi connectivity index (χ4v) is 4.11. The molecule has 0 fully saturated rings. The molecule has 1 heterocycles. The highest BCUT2D eigenvalue weighted by molar-refractivity contribution is 6.34. The number of para-hydroxylation sites is 1. The van der Waals surface area contributed by atoms with Gasteiger partial charge in [-0.25, -0.2) is 0 Å². The number of rotatable bonds is 0. The zero-order valence-electron chi connectivity index (χ0n) is 12.8. The maximum Gasteiger partial charge on any atom is 0.143 e. The summed E-state index contributed by atoms with van der Waals surface area (Å²) in [4.78, 5) is 0. The first-order valence-electron chi connectivity index (χ1n) is 8.08. The molecule has 5 aromatic rings. The molecule has 1 aliphatic rings. The third kappa shape index (κ3) is 1.37. The molecule has 1 nitrogen and oxygen atoms in total. The molecule has 0 N–H and O–H groups in total. The molecule has 6 rings (SSSR count). The summed E-state index contributed by atoms with van der Waals surface area (Å²) in [5.74, 6) is 0. The van der Waals surface area contributed by atoms with Crippen molar-refractivity contribution in [3.63, 3.8) is 0 Å². The monoisotopic (exact) mass is 302 g/mol. The van der Waals surface area contributed by atoms with E-state index in [-0.39, 0.29) is 0 Å². The number of furan rings is 1. The lowest BCUT2D eigenvalue weighted by Crippen LogP contribution is -2.00. The van der Waals surface area contributed by atoms with Gasteiger partial charge in [-0.2, -0.15) is 0 Å². The molecule has 24 heavy (non-hydrogen) atoms. The van der Waals surface area contributed by atoms with Crippen LogP contribution in [0.3, 0.4) is 0 Å². The molecule has 108 valence electrons. The van der Waals surface area contributed by atoms with Crippen LogP contribution in [0.15, 0.2) is 71.1 Å². The fraction of sp³-hybridized carbons (Fsp3) is 0. The third-order valence-electron chi connectivity index (χ3n) is 5.12. The zero-order chi connectivity index (χ0) is 15.8. The van der Waals surface area contributed by atoms with Gasteiger partial charge in [0.1, 0.15) is 19.0 Å². The molecule has 0 aliphatic heterocycles. The van der Waals surface area contributed by atoms with E-state index in [1.807, 2.05) is 18.2 Å². The fourth-order valence-electron chi connectivity index (χ4n) is 4.11. The maximum absolute atomic E-state index is 6.20. The summed E-state index contributed by atoms with van der Waals surface area (Å²) >= 11 is 0. The predicted octanol–water partition coefficient (Wildman–Crippen LogP) is 5.18. The summed E-state index contributed by atoms with van der Waals surface area (Å²) in [7, 11) is 6.03. The molecule has 1 aromatic heterocycles. The largest absolute Gasteiger partial charge is 0.455 e. The summed E-state index contributed by atoms with van der Waals surface area (Å²) in [5, 5.41) is 4.78. The van der Waals surface area contributed by atoms with Crippen molar-refractivity contribution in [1.82, 2.24) is 0 Å². The first-order chi connectivity index (χ1) is 11.8. The van der Waals surface area contributed by atoms with E-state index in [0.717, 1.165) is 16.6 Å². The van der Waals surface area contributed by atoms with Crippen LogP contribution in [0.4, 0.5) is 0 Å². The van der Waals surface area contributed by atoms with Crippen LogP contribution in [0, 0.1) is 0 Å². The molecule has 0 spiro atoms. The Morgan fingerprint density at radius 2 is 1.50 bits per heavy atom. The van der Waals surface area contributed by atoms with Gasteiger partial charge < -0.3 is 4.42 Å². The summed E-state index contributed by atoms with van der Waals surface area (Å²) in [6, 6.07) is 23.1. The molecular weight excluding hydrogens is 291 g/mol. The molecule has 0 bridgehead atoms. The van der Waals surface area contributed by atoms with Gasteiger partial charge in [0.25, 0.3) is 0 Å². The Bertz CT molecular complexity index is 1310. The molecular formula is C22H11BO. The second-order valence-corrected chi connectivity index (χ2v) is 6.43. The Hall–Kier alpha value is -3.00. The molecule has 4 aromatic carbocycles. The van der Waals surface area contributed by atoms with E-state index in [4.69, 9.17) is 12.3 Å². The molecule has 2 radical (unpaired) electrons. The first-order valence-corrected chi connectivity index (χ1v) is 8.08. The van der Waals surface area contributed by atoms with Crippen molar-refractivity contribution >= 4 is 46.0 Å². The lowest BCUT2D eigenvalue weighted by molar-refractivity contribution is 0.672. The molecule has 2 heteroatoms. The minimum Gasteiger partial charge on any atom is -0.455 e. The minimum atomic E-state index is 0.799. The Morgan fingerprint density at radius 1 is 0.625 bits per heavy atom. The van der Waals surface area contributed by atoms with Crippen molar-refractivity contribution in [3.8, 4) is 22.3 Å². The standard InChI is InChI=1S/C22H11BO/c23-12-8-9-13-17(10-12)15-5-3-6-16-21(15)18(13)11-19-14-4-1-2-7-20(14)24-22(16)19/h1-11H. The quantitative estimate of drug-likeness (QED) is 0.352. The van der Waals surface area contributed by atoms with E-state index in [0.29, 0.717) is 0 Å². The van der Waals surface area contributed by atoms with Gasteiger partial charge in [-0.1, -0.05) is 60.1 Å². The second kappa shape index (κ2) is 4.10. The predicted molar refractivity (Wildman–Crippen MR) is 101 cm³/mol. The van der Waals surface area contributed by atoms with Gasteiger partial charge in [0.05, 0.1) is 0 Å². The van der Waals surface area contributed by atoms with E-state index in [1.165, 1.54) is 43.8 Å². The van der Waals surface area contributed by atoms with Crippen molar-refractivity contribution in [2.75, 3.05) is 0 Å². The van der Waals surface area contributed by atoms with Crippen LogP contribution in [-0.4, -0.2) is 7.85 Å². The highest BCUT2D eigenvalue weighted by Gasteiger charge is 2.24. The molecule has 0 saturated heterocycles. The van der Waals surface area contributed by atoms with Gasteiger partial charge in [0.2, 0.25) is 0 Å². The van der Waals surface area contributed by atoms with Gasteiger partial charge in [0, 0.05) is 21.5 Å². The number of fused-ring (bicyclic) bond motifs is 7. The summed E-state index contributed by atoms with van der Waals surface area (Å²) < 4.78 is 6.20. The third-order valence-corrected chi connectivity index (χ3v) is 5.12. The topological polar surface area (TPSA) is 13.1 Å². The average Bonchev–Trinajstić information content (AvgIpc) is 3.13. The first kappa shape index (κ1) is 12.4.